The monoisotopic (exact) mass is 532 g/mol. The summed E-state index contributed by atoms with van der Waals surface area (Å²) in [6, 6.07) is 4.77. The fourth-order valence-corrected chi connectivity index (χ4v) is 3.90. The van der Waals surface area contributed by atoms with Gasteiger partial charge in [-0.1, -0.05) is 12.2 Å². The molecule has 1 aromatic carbocycles. The Balaban J connectivity index is 1.61. The standard InChI is InChI=1S/C25H28N10O4/c1-4-35-18(9-14(2)33-35)23(38)32-25-31-17-10-15(21(26)36)11-19(39-3)20(17)34(25)8-6-5-7-28-24-29-12-16(13-30-24)22(27)37/h5-6,9-13H,4,7-8H2,1-3H3,(H2,26,36)(H2,27,37)(H,28,29,30)(H,31,32,38)/b6-5+. The number of aromatic nitrogens is 6. The van der Waals surface area contributed by atoms with Gasteiger partial charge in [0.25, 0.3) is 11.8 Å². The Bertz CT molecular complexity index is 1570. The number of aryl methyl sites for hydroxylation is 2. The van der Waals surface area contributed by atoms with Crippen LogP contribution in [0, 0.1) is 6.92 Å². The number of allylic oxidation sites excluding steroid dienone is 1. The van der Waals surface area contributed by atoms with Crippen LogP contribution in [0.5, 0.6) is 5.75 Å². The maximum atomic E-state index is 13.2. The van der Waals surface area contributed by atoms with E-state index >= 15 is 0 Å². The van der Waals surface area contributed by atoms with Gasteiger partial charge in [0.2, 0.25) is 17.8 Å². The molecule has 0 unspecified atom stereocenters. The Kier molecular flexibility index (Phi) is 7.84. The average molecular weight is 533 g/mol. The van der Waals surface area contributed by atoms with Crippen molar-refractivity contribution in [3.05, 3.63) is 65.3 Å². The highest BCUT2D eigenvalue weighted by Crippen LogP contribution is 2.31. The molecule has 4 aromatic rings. The van der Waals surface area contributed by atoms with Crippen LogP contribution in [-0.4, -0.2) is 60.7 Å². The number of methoxy groups -OCH3 is 1. The van der Waals surface area contributed by atoms with Crippen molar-refractivity contribution in [2.45, 2.75) is 26.9 Å². The zero-order valence-corrected chi connectivity index (χ0v) is 21.6. The molecular weight excluding hydrogens is 504 g/mol. The van der Waals surface area contributed by atoms with Gasteiger partial charge >= 0.3 is 0 Å². The number of nitrogens with two attached hydrogens (primary N) is 2. The van der Waals surface area contributed by atoms with Crippen LogP contribution >= 0.6 is 0 Å². The molecule has 0 saturated heterocycles. The first-order valence-electron chi connectivity index (χ1n) is 12.0. The highest BCUT2D eigenvalue weighted by atomic mass is 16.5. The summed E-state index contributed by atoms with van der Waals surface area (Å²) in [5.74, 6) is -0.670. The van der Waals surface area contributed by atoms with E-state index in [1.165, 1.54) is 25.6 Å². The van der Waals surface area contributed by atoms with E-state index in [4.69, 9.17) is 16.2 Å². The lowest BCUT2D eigenvalue weighted by Gasteiger charge is -2.11. The Labute approximate surface area is 223 Å². The van der Waals surface area contributed by atoms with Crippen LogP contribution in [0.4, 0.5) is 11.9 Å². The van der Waals surface area contributed by atoms with E-state index in [1.54, 1.807) is 21.4 Å². The molecule has 3 amide bonds. The van der Waals surface area contributed by atoms with Gasteiger partial charge in [0, 0.05) is 37.6 Å². The van der Waals surface area contributed by atoms with Crippen LogP contribution in [0.25, 0.3) is 11.0 Å². The van der Waals surface area contributed by atoms with Gasteiger partial charge in [0.15, 0.2) is 0 Å². The van der Waals surface area contributed by atoms with Gasteiger partial charge in [-0.15, -0.1) is 0 Å². The first kappa shape index (κ1) is 26.8. The predicted octanol–water partition coefficient (Wildman–Crippen LogP) is 1.48. The molecule has 0 saturated carbocycles. The van der Waals surface area contributed by atoms with Gasteiger partial charge in [-0.2, -0.15) is 5.10 Å². The zero-order valence-electron chi connectivity index (χ0n) is 21.6. The summed E-state index contributed by atoms with van der Waals surface area (Å²) in [5.41, 5.74) is 13.2. The second-order valence-corrected chi connectivity index (χ2v) is 8.41. The predicted molar refractivity (Wildman–Crippen MR) is 144 cm³/mol. The van der Waals surface area contributed by atoms with Crippen molar-refractivity contribution < 1.29 is 19.1 Å². The molecule has 3 heterocycles. The zero-order chi connectivity index (χ0) is 28.1. The minimum atomic E-state index is -0.630. The minimum absolute atomic E-state index is 0.211. The van der Waals surface area contributed by atoms with Gasteiger partial charge in [0.1, 0.15) is 17.0 Å². The first-order chi connectivity index (χ1) is 18.7. The molecule has 3 aromatic heterocycles. The third-order valence-corrected chi connectivity index (χ3v) is 5.74. The lowest BCUT2D eigenvalue weighted by atomic mass is 10.1. The quantitative estimate of drug-likeness (QED) is 0.207. The van der Waals surface area contributed by atoms with Gasteiger partial charge < -0.3 is 26.1 Å². The Morgan fingerprint density at radius 1 is 1.05 bits per heavy atom. The topological polar surface area (TPSA) is 198 Å². The van der Waals surface area contributed by atoms with Crippen molar-refractivity contribution in [2.75, 3.05) is 24.3 Å². The number of imidazole rings is 1. The molecule has 202 valence electrons. The second kappa shape index (κ2) is 11.4. The maximum absolute atomic E-state index is 13.2. The lowest BCUT2D eigenvalue weighted by Crippen LogP contribution is -2.20. The molecule has 0 spiro atoms. The molecule has 0 fully saturated rings. The number of hydrogen-bond acceptors (Lipinski definition) is 9. The summed E-state index contributed by atoms with van der Waals surface area (Å²) in [7, 11) is 1.47. The number of carbonyl (C=O) groups is 3. The van der Waals surface area contributed by atoms with Gasteiger partial charge in [-0.05, 0) is 32.0 Å². The Hall–Kier alpha value is -5.27. The van der Waals surface area contributed by atoms with Crippen molar-refractivity contribution in [1.29, 1.82) is 0 Å². The molecule has 0 bridgehead atoms. The number of benzene rings is 1. The molecule has 14 heteroatoms. The van der Waals surface area contributed by atoms with Gasteiger partial charge in [-0.25, -0.2) is 15.0 Å². The second-order valence-electron chi connectivity index (χ2n) is 8.41. The third-order valence-electron chi connectivity index (χ3n) is 5.74. The molecule has 6 N–H and O–H groups in total. The number of fused-ring (bicyclic) bond motifs is 1. The van der Waals surface area contributed by atoms with E-state index in [0.29, 0.717) is 53.8 Å². The van der Waals surface area contributed by atoms with Crippen LogP contribution in [0.1, 0.15) is 43.8 Å². The minimum Gasteiger partial charge on any atom is -0.494 e. The van der Waals surface area contributed by atoms with E-state index in [9.17, 15) is 14.4 Å². The number of rotatable bonds is 11. The smallest absolute Gasteiger partial charge is 0.276 e. The first-order valence-corrected chi connectivity index (χ1v) is 12.0. The summed E-state index contributed by atoms with van der Waals surface area (Å²) in [6.07, 6.45) is 6.37. The summed E-state index contributed by atoms with van der Waals surface area (Å²) in [5, 5.41) is 10.2. The number of nitrogens with one attached hydrogen (secondary N) is 2. The SMILES string of the molecule is CCn1nc(C)cc1C(=O)Nc1nc2cc(C(N)=O)cc(OC)c2n1C/C=C/CNc1ncc(C(N)=O)cn1. The van der Waals surface area contributed by atoms with E-state index < -0.39 is 11.8 Å². The highest BCUT2D eigenvalue weighted by molar-refractivity contribution is 6.04. The Morgan fingerprint density at radius 2 is 1.77 bits per heavy atom. The molecule has 4 rings (SSSR count). The molecule has 0 radical (unpaired) electrons. The number of ether oxygens (including phenoxy) is 1. The van der Waals surface area contributed by atoms with Crippen molar-refractivity contribution >= 4 is 40.7 Å². The molecule has 0 aliphatic heterocycles. The normalized spacial score (nSPS) is 11.2. The molecular formula is C25H28N10O4. The van der Waals surface area contributed by atoms with E-state index in [0.717, 1.165) is 0 Å². The number of carbonyl (C=O) groups excluding carboxylic acids is 3. The summed E-state index contributed by atoms with van der Waals surface area (Å²) < 4.78 is 8.89. The van der Waals surface area contributed by atoms with E-state index in [-0.39, 0.29) is 23.0 Å². The maximum Gasteiger partial charge on any atom is 0.276 e. The number of anilines is 2. The molecule has 0 aliphatic rings. The summed E-state index contributed by atoms with van der Waals surface area (Å²) in [6.45, 7) is 4.90. The third kappa shape index (κ3) is 5.84. The molecule has 0 atom stereocenters. The molecule has 39 heavy (non-hydrogen) atoms. The van der Waals surface area contributed by atoms with Crippen molar-refractivity contribution in [3.8, 4) is 5.75 Å². The van der Waals surface area contributed by atoms with E-state index in [2.05, 4.69) is 30.7 Å². The van der Waals surface area contributed by atoms with Crippen molar-refractivity contribution in [3.63, 3.8) is 0 Å². The fraction of sp³-hybridized carbons (Fsp3) is 0.240. The highest BCUT2D eigenvalue weighted by Gasteiger charge is 2.21. The van der Waals surface area contributed by atoms with Gasteiger partial charge in [0.05, 0.1) is 23.9 Å². The summed E-state index contributed by atoms with van der Waals surface area (Å²) in [4.78, 5) is 48.8. The lowest BCUT2D eigenvalue weighted by molar-refractivity contribution is 0.0991. The van der Waals surface area contributed by atoms with Crippen LogP contribution in [0.3, 0.4) is 0 Å². The number of nitrogens with zero attached hydrogens (tertiary/aromatic N) is 6. The van der Waals surface area contributed by atoms with Crippen molar-refractivity contribution in [1.82, 2.24) is 29.3 Å². The number of primary amides is 2. The number of amides is 3. The van der Waals surface area contributed by atoms with Gasteiger partial charge in [-0.3, -0.25) is 24.4 Å². The van der Waals surface area contributed by atoms with Crippen LogP contribution in [0.15, 0.2) is 42.7 Å². The fourth-order valence-electron chi connectivity index (χ4n) is 3.90. The van der Waals surface area contributed by atoms with Crippen molar-refractivity contribution in [2.24, 2.45) is 11.5 Å². The number of hydrogen-bond donors (Lipinski definition) is 4. The van der Waals surface area contributed by atoms with Crippen LogP contribution in [0.2, 0.25) is 0 Å². The largest absolute Gasteiger partial charge is 0.494 e. The Morgan fingerprint density at radius 3 is 2.41 bits per heavy atom. The average Bonchev–Trinajstić information content (AvgIpc) is 3.47. The molecule has 0 aliphatic carbocycles. The van der Waals surface area contributed by atoms with E-state index in [1.807, 2.05) is 26.0 Å². The van der Waals surface area contributed by atoms with Crippen LogP contribution < -0.4 is 26.8 Å². The van der Waals surface area contributed by atoms with Crippen LogP contribution in [-0.2, 0) is 13.1 Å². The molecule has 14 nitrogen and oxygen atoms in total. The summed E-state index contributed by atoms with van der Waals surface area (Å²) >= 11 is 0.